The third-order valence-electron chi connectivity index (χ3n) is 6.15. The van der Waals surface area contributed by atoms with Crippen molar-refractivity contribution in [1.82, 2.24) is 4.31 Å². The van der Waals surface area contributed by atoms with Gasteiger partial charge in [0.05, 0.1) is 9.82 Å². The third kappa shape index (κ3) is 5.20. The maximum atomic E-state index is 13.1. The lowest BCUT2D eigenvalue weighted by atomic mass is 9.96. The Hall–Kier alpha value is -2.49. The summed E-state index contributed by atoms with van der Waals surface area (Å²) in [5.74, 6) is -0.485. The molecule has 0 saturated carbocycles. The minimum atomic E-state index is -3.90. The van der Waals surface area contributed by atoms with E-state index in [1.54, 1.807) is 6.92 Å². The quantitative estimate of drug-likeness (QED) is 0.443. The van der Waals surface area contributed by atoms with Crippen LogP contribution >= 0.6 is 11.6 Å². The highest BCUT2D eigenvalue weighted by molar-refractivity contribution is 7.89. The maximum absolute atomic E-state index is 13.1. The Kier molecular flexibility index (Phi) is 7.76. The van der Waals surface area contributed by atoms with E-state index in [-0.39, 0.29) is 35.5 Å². The number of amides is 1. The number of carbonyl (C=O) groups is 1. The molecule has 0 aliphatic carbocycles. The topological polar surface area (TPSA) is 110 Å². The Morgan fingerprint density at radius 3 is 2.42 bits per heavy atom. The van der Waals surface area contributed by atoms with Crippen molar-refractivity contribution in [2.75, 3.05) is 18.4 Å². The Labute approximate surface area is 199 Å². The maximum Gasteiger partial charge on any atom is 0.270 e. The van der Waals surface area contributed by atoms with Gasteiger partial charge < -0.3 is 5.32 Å². The molecule has 10 heteroatoms. The summed E-state index contributed by atoms with van der Waals surface area (Å²) < 4.78 is 27.6. The first kappa shape index (κ1) is 25.1. The summed E-state index contributed by atoms with van der Waals surface area (Å²) in [6, 6.07) is 7.58. The lowest BCUT2D eigenvalue weighted by molar-refractivity contribution is -0.385. The van der Waals surface area contributed by atoms with E-state index in [1.807, 2.05) is 26.0 Å². The van der Waals surface area contributed by atoms with Crippen LogP contribution in [0.2, 0.25) is 5.02 Å². The largest absolute Gasteiger partial charge is 0.325 e. The molecule has 2 aromatic carbocycles. The van der Waals surface area contributed by atoms with Crippen LogP contribution in [0.15, 0.2) is 35.2 Å². The molecule has 33 heavy (non-hydrogen) atoms. The van der Waals surface area contributed by atoms with Crippen LogP contribution in [-0.4, -0.2) is 36.6 Å². The van der Waals surface area contributed by atoms with Crippen LogP contribution in [0.4, 0.5) is 11.4 Å². The number of nitro benzene ring substituents is 1. The SMILES string of the molecule is CCc1ccc(Cl)c(CC)c1NC(=O)C1CCN(S(=O)(=O)c2cc([N+](=O)[O-])ccc2C)CC1. The van der Waals surface area contributed by atoms with E-state index < -0.39 is 14.9 Å². The lowest BCUT2D eigenvalue weighted by Crippen LogP contribution is -2.41. The number of hydrogen-bond donors (Lipinski definition) is 1. The monoisotopic (exact) mass is 493 g/mol. The van der Waals surface area contributed by atoms with Crippen molar-refractivity contribution in [2.24, 2.45) is 5.92 Å². The van der Waals surface area contributed by atoms with E-state index in [0.29, 0.717) is 29.8 Å². The lowest BCUT2D eigenvalue weighted by Gasteiger charge is -2.31. The molecule has 1 amide bonds. The number of nitrogens with zero attached hydrogens (tertiary/aromatic N) is 2. The van der Waals surface area contributed by atoms with Gasteiger partial charge in [-0.15, -0.1) is 0 Å². The molecule has 0 spiro atoms. The predicted octanol–water partition coefficient (Wildman–Crippen LogP) is 4.72. The molecule has 0 unspecified atom stereocenters. The van der Waals surface area contributed by atoms with Crippen LogP contribution in [0.1, 0.15) is 43.4 Å². The minimum Gasteiger partial charge on any atom is -0.325 e. The minimum absolute atomic E-state index is 0.0706. The Morgan fingerprint density at radius 1 is 1.18 bits per heavy atom. The van der Waals surface area contributed by atoms with Gasteiger partial charge in [0.1, 0.15) is 0 Å². The van der Waals surface area contributed by atoms with Crippen LogP contribution in [0.3, 0.4) is 0 Å². The Balaban J connectivity index is 1.74. The molecule has 178 valence electrons. The van der Waals surface area contributed by atoms with Crippen molar-refractivity contribution in [3.05, 3.63) is 62.2 Å². The molecule has 2 aromatic rings. The molecular weight excluding hydrogens is 466 g/mol. The van der Waals surface area contributed by atoms with Crippen molar-refractivity contribution in [1.29, 1.82) is 0 Å². The zero-order valence-corrected chi connectivity index (χ0v) is 20.5. The standard InChI is InChI=1S/C23H28ClN3O5S/c1-4-16-7-9-20(24)19(5-2)22(16)25-23(28)17-10-12-26(13-11-17)33(31,32)21-14-18(27(29)30)8-6-15(21)3/h6-9,14,17H,4-5,10-13H2,1-3H3,(H,25,28). The van der Waals surface area contributed by atoms with Gasteiger partial charge in [-0.25, -0.2) is 8.42 Å². The van der Waals surface area contributed by atoms with E-state index in [0.717, 1.165) is 29.3 Å². The highest BCUT2D eigenvalue weighted by atomic mass is 35.5. The molecule has 1 saturated heterocycles. The summed E-state index contributed by atoms with van der Waals surface area (Å²) >= 11 is 6.33. The van der Waals surface area contributed by atoms with Crippen molar-refractivity contribution in [3.8, 4) is 0 Å². The first-order chi connectivity index (χ1) is 15.6. The molecule has 0 aromatic heterocycles. The number of carbonyl (C=O) groups excluding carboxylic acids is 1. The molecule has 0 radical (unpaired) electrons. The second-order valence-electron chi connectivity index (χ2n) is 8.14. The number of piperidine rings is 1. The average Bonchev–Trinajstić information content (AvgIpc) is 2.79. The molecule has 0 atom stereocenters. The highest BCUT2D eigenvalue weighted by Gasteiger charge is 2.34. The molecule has 3 rings (SSSR count). The number of anilines is 1. The summed E-state index contributed by atoms with van der Waals surface area (Å²) in [4.78, 5) is 23.4. The number of non-ortho nitro benzene ring substituents is 1. The van der Waals surface area contributed by atoms with Crippen LogP contribution in [0, 0.1) is 23.0 Å². The summed E-state index contributed by atoms with van der Waals surface area (Å²) in [6.07, 6.45) is 2.16. The number of rotatable bonds is 7. The molecular formula is C23H28ClN3O5S. The highest BCUT2D eigenvalue weighted by Crippen LogP contribution is 2.32. The van der Waals surface area contributed by atoms with Crippen LogP contribution < -0.4 is 5.32 Å². The molecule has 1 N–H and O–H groups in total. The van der Waals surface area contributed by atoms with E-state index in [4.69, 9.17) is 11.6 Å². The number of aryl methyl sites for hydroxylation is 2. The molecule has 1 aliphatic rings. The van der Waals surface area contributed by atoms with Crippen molar-refractivity contribution in [2.45, 2.75) is 51.3 Å². The molecule has 1 aliphatic heterocycles. The van der Waals surface area contributed by atoms with Gasteiger partial charge in [0.25, 0.3) is 5.69 Å². The number of benzene rings is 2. The second-order valence-corrected chi connectivity index (χ2v) is 10.5. The zero-order chi connectivity index (χ0) is 24.3. The number of nitrogens with one attached hydrogen (secondary N) is 1. The van der Waals surface area contributed by atoms with Crippen molar-refractivity contribution >= 4 is 38.9 Å². The van der Waals surface area contributed by atoms with Crippen LogP contribution in [0.5, 0.6) is 0 Å². The fourth-order valence-electron chi connectivity index (χ4n) is 4.17. The Bertz CT molecular complexity index is 1170. The third-order valence-corrected chi connectivity index (χ3v) is 8.54. The van der Waals surface area contributed by atoms with Gasteiger partial charge in [-0.2, -0.15) is 4.31 Å². The van der Waals surface area contributed by atoms with E-state index in [9.17, 15) is 23.3 Å². The molecule has 1 heterocycles. The number of sulfonamides is 1. The van der Waals surface area contributed by atoms with E-state index >= 15 is 0 Å². The van der Waals surface area contributed by atoms with Gasteiger partial charge >= 0.3 is 0 Å². The fraction of sp³-hybridized carbons (Fsp3) is 0.435. The van der Waals surface area contributed by atoms with Gasteiger partial charge in [-0.1, -0.05) is 37.6 Å². The van der Waals surface area contributed by atoms with E-state index in [1.165, 1.54) is 16.4 Å². The predicted molar refractivity (Wildman–Crippen MR) is 128 cm³/mol. The van der Waals surface area contributed by atoms with Crippen LogP contribution in [0.25, 0.3) is 0 Å². The summed E-state index contributed by atoms with van der Waals surface area (Å²) in [5.41, 5.74) is 2.82. The van der Waals surface area contributed by atoms with Crippen LogP contribution in [-0.2, 0) is 27.7 Å². The fourth-order valence-corrected chi connectivity index (χ4v) is 6.18. The number of halogens is 1. The van der Waals surface area contributed by atoms with Crippen molar-refractivity contribution < 1.29 is 18.1 Å². The zero-order valence-electron chi connectivity index (χ0n) is 18.9. The summed E-state index contributed by atoms with van der Waals surface area (Å²) in [6.45, 7) is 5.93. The van der Waals surface area contributed by atoms with Gasteiger partial charge in [0.15, 0.2) is 0 Å². The first-order valence-electron chi connectivity index (χ1n) is 11.0. The summed E-state index contributed by atoms with van der Waals surface area (Å²) in [5, 5.41) is 14.7. The van der Waals surface area contributed by atoms with Gasteiger partial charge in [0.2, 0.25) is 15.9 Å². The summed E-state index contributed by atoms with van der Waals surface area (Å²) in [7, 11) is -3.90. The van der Waals surface area contributed by atoms with E-state index in [2.05, 4.69) is 5.32 Å². The molecule has 0 bridgehead atoms. The van der Waals surface area contributed by atoms with Gasteiger partial charge in [-0.3, -0.25) is 14.9 Å². The smallest absolute Gasteiger partial charge is 0.270 e. The molecule has 1 fully saturated rings. The van der Waals surface area contributed by atoms with Gasteiger partial charge in [0, 0.05) is 41.9 Å². The van der Waals surface area contributed by atoms with Gasteiger partial charge in [-0.05, 0) is 55.4 Å². The van der Waals surface area contributed by atoms with Crippen molar-refractivity contribution in [3.63, 3.8) is 0 Å². The Morgan fingerprint density at radius 2 is 1.85 bits per heavy atom. The second kappa shape index (κ2) is 10.2. The first-order valence-corrected chi connectivity index (χ1v) is 12.8. The normalized spacial score (nSPS) is 15.4. The number of nitro groups is 1. The average molecular weight is 494 g/mol. The molecule has 8 nitrogen and oxygen atoms in total. The number of hydrogen-bond acceptors (Lipinski definition) is 5.